The van der Waals surface area contributed by atoms with Gasteiger partial charge in [0.15, 0.2) is 0 Å². The lowest BCUT2D eigenvalue weighted by Crippen LogP contribution is -2.56. The summed E-state index contributed by atoms with van der Waals surface area (Å²) in [5, 5.41) is 12.0. The van der Waals surface area contributed by atoms with Crippen LogP contribution < -0.4 is 5.32 Å². The van der Waals surface area contributed by atoms with Gasteiger partial charge in [0.1, 0.15) is 13.2 Å². The number of fused-ring (bicyclic) bond motifs is 3. The van der Waals surface area contributed by atoms with Crippen LogP contribution in [0.4, 0.5) is 4.79 Å². The van der Waals surface area contributed by atoms with Crippen molar-refractivity contribution in [3.8, 4) is 11.1 Å². The molecule has 2 aliphatic rings. The second kappa shape index (κ2) is 10.3. The minimum Gasteiger partial charge on any atom is -0.480 e. The molecule has 0 radical (unpaired) electrons. The molecule has 34 heavy (non-hydrogen) atoms. The van der Waals surface area contributed by atoms with Crippen molar-refractivity contribution in [3.05, 3.63) is 59.7 Å². The van der Waals surface area contributed by atoms with Crippen LogP contribution in [0, 0.1) is 0 Å². The number of nitrogens with zero attached hydrogens (tertiary/aromatic N) is 1. The van der Waals surface area contributed by atoms with Crippen molar-refractivity contribution in [3.63, 3.8) is 0 Å². The molecule has 2 aliphatic carbocycles. The lowest BCUT2D eigenvalue weighted by atomic mass is 9.74. The average Bonchev–Trinajstić information content (AvgIpc) is 3.12. The van der Waals surface area contributed by atoms with Crippen molar-refractivity contribution in [2.24, 2.45) is 0 Å². The predicted octanol–water partition coefficient (Wildman–Crippen LogP) is 3.40. The van der Waals surface area contributed by atoms with Gasteiger partial charge in [-0.3, -0.25) is 9.59 Å². The Hall–Kier alpha value is -3.39. The van der Waals surface area contributed by atoms with Crippen molar-refractivity contribution < 1.29 is 29.0 Å². The van der Waals surface area contributed by atoms with Gasteiger partial charge in [0.25, 0.3) is 0 Å². The molecular formula is C26H30N2O6. The van der Waals surface area contributed by atoms with E-state index in [4.69, 9.17) is 14.6 Å². The van der Waals surface area contributed by atoms with Crippen LogP contribution >= 0.6 is 0 Å². The molecule has 2 aromatic rings. The van der Waals surface area contributed by atoms with Crippen LogP contribution in [0.2, 0.25) is 0 Å². The number of nitrogens with one attached hydrogen (secondary N) is 1. The fourth-order valence-electron chi connectivity index (χ4n) is 4.86. The molecule has 0 bridgehead atoms. The van der Waals surface area contributed by atoms with E-state index in [0.717, 1.165) is 28.7 Å². The van der Waals surface area contributed by atoms with Crippen molar-refractivity contribution in [1.29, 1.82) is 0 Å². The smallest absolute Gasteiger partial charge is 0.407 e. The van der Waals surface area contributed by atoms with Crippen LogP contribution in [0.25, 0.3) is 11.1 Å². The Labute approximate surface area is 198 Å². The SMILES string of the molecule is COCCN(CC(=O)O)C(=O)CC1(NC(=O)OCC2c3ccccc3-c3ccccc32)CCC1. The summed E-state index contributed by atoms with van der Waals surface area (Å²) < 4.78 is 10.6. The number of hydrogen-bond acceptors (Lipinski definition) is 5. The molecule has 2 N–H and O–H groups in total. The van der Waals surface area contributed by atoms with E-state index in [1.165, 1.54) is 12.0 Å². The summed E-state index contributed by atoms with van der Waals surface area (Å²) in [4.78, 5) is 38.0. The van der Waals surface area contributed by atoms with Gasteiger partial charge >= 0.3 is 12.1 Å². The largest absolute Gasteiger partial charge is 0.480 e. The van der Waals surface area contributed by atoms with Gasteiger partial charge in [0, 0.05) is 19.6 Å². The Bertz CT molecular complexity index is 1020. The number of benzene rings is 2. The fourth-order valence-corrected chi connectivity index (χ4v) is 4.86. The quantitative estimate of drug-likeness (QED) is 0.556. The van der Waals surface area contributed by atoms with Crippen LogP contribution in [-0.4, -0.2) is 66.9 Å². The second-order valence-corrected chi connectivity index (χ2v) is 8.96. The molecule has 0 aromatic heterocycles. The topological polar surface area (TPSA) is 105 Å². The first kappa shape index (κ1) is 23.8. The van der Waals surface area contributed by atoms with Crippen LogP contribution in [-0.2, 0) is 19.1 Å². The third kappa shape index (κ3) is 5.07. The number of alkyl carbamates (subject to hydrolysis) is 1. The summed E-state index contributed by atoms with van der Waals surface area (Å²) in [5.41, 5.74) is 3.87. The predicted molar refractivity (Wildman–Crippen MR) is 125 cm³/mol. The van der Waals surface area contributed by atoms with E-state index in [2.05, 4.69) is 29.6 Å². The summed E-state index contributed by atoms with van der Waals surface area (Å²) in [6.07, 6.45) is 1.65. The lowest BCUT2D eigenvalue weighted by Gasteiger charge is -2.42. The molecular weight excluding hydrogens is 436 g/mol. The molecule has 4 rings (SSSR count). The highest BCUT2D eigenvalue weighted by Crippen LogP contribution is 2.44. The first-order chi connectivity index (χ1) is 16.4. The molecule has 0 unspecified atom stereocenters. The minimum absolute atomic E-state index is 0.0359. The average molecular weight is 467 g/mol. The summed E-state index contributed by atoms with van der Waals surface area (Å²) in [6, 6.07) is 16.3. The Morgan fingerprint density at radius 3 is 2.21 bits per heavy atom. The fraction of sp³-hybridized carbons (Fsp3) is 0.423. The molecule has 0 saturated heterocycles. The molecule has 8 heteroatoms. The van der Waals surface area contributed by atoms with E-state index < -0.39 is 24.1 Å². The van der Waals surface area contributed by atoms with Crippen LogP contribution in [0.5, 0.6) is 0 Å². The molecule has 2 aromatic carbocycles. The van der Waals surface area contributed by atoms with E-state index in [-0.39, 0.29) is 38.0 Å². The first-order valence-electron chi connectivity index (χ1n) is 11.5. The van der Waals surface area contributed by atoms with E-state index in [1.807, 2.05) is 24.3 Å². The number of aliphatic carboxylic acids is 1. The Kier molecular flexibility index (Phi) is 7.17. The van der Waals surface area contributed by atoms with E-state index >= 15 is 0 Å². The zero-order valence-electron chi connectivity index (χ0n) is 19.3. The lowest BCUT2D eigenvalue weighted by molar-refractivity contribution is -0.146. The van der Waals surface area contributed by atoms with Gasteiger partial charge in [-0.1, -0.05) is 48.5 Å². The normalized spacial score (nSPS) is 15.6. The van der Waals surface area contributed by atoms with Gasteiger partial charge in [-0.05, 0) is 41.5 Å². The number of hydrogen-bond donors (Lipinski definition) is 2. The Balaban J connectivity index is 1.38. The van der Waals surface area contributed by atoms with Gasteiger partial charge in [0.2, 0.25) is 5.91 Å². The number of amides is 2. The molecule has 0 atom stereocenters. The minimum atomic E-state index is -1.09. The molecule has 8 nitrogen and oxygen atoms in total. The van der Waals surface area contributed by atoms with Gasteiger partial charge in [-0.2, -0.15) is 0 Å². The van der Waals surface area contributed by atoms with Crippen molar-refractivity contribution >= 4 is 18.0 Å². The Morgan fingerprint density at radius 2 is 1.68 bits per heavy atom. The summed E-state index contributed by atoms with van der Waals surface area (Å²) in [5.74, 6) is -1.45. The molecule has 2 amide bonds. The highest BCUT2D eigenvalue weighted by molar-refractivity contribution is 5.83. The maximum absolute atomic E-state index is 12.8. The molecule has 0 heterocycles. The standard InChI is InChI=1S/C26H30N2O6/c1-33-14-13-28(16-24(30)31)23(29)15-26(11-6-12-26)27-25(32)34-17-22-20-9-4-2-7-18(20)19-8-3-5-10-21(19)22/h2-5,7-10,22H,6,11-17H2,1H3,(H,27,32)(H,30,31). The number of carboxylic acids is 1. The first-order valence-corrected chi connectivity index (χ1v) is 11.5. The van der Waals surface area contributed by atoms with E-state index in [0.29, 0.717) is 12.8 Å². The molecule has 180 valence electrons. The van der Waals surface area contributed by atoms with Crippen molar-refractivity contribution in [2.75, 3.05) is 33.4 Å². The van der Waals surface area contributed by atoms with Gasteiger partial charge in [-0.15, -0.1) is 0 Å². The van der Waals surface area contributed by atoms with Gasteiger partial charge in [-0.25, -0.2) is 4.79 Å². The molecule has 0 aliphatic heterocycles. The Morgan fingerprint density at radius 1 is 1.06 bits per heavy atom. The highest BCUT2D eigenvalue weighted by atomic mass is 16.5. The van der Waals surface area contributed by atoms with E-state index in [1.54, 1.807) is 0 Å². The van der Waals surface area contributed by atoms with Crippen LogP contribution in [0.15, 0.2) is 48.5 Å². The molecule has 1 saturated carbocycles. The molecule has 0 spiro atoms. The second-order valence-electron chi connectivity index (χ2n) is 8.96. The maximum atomic E-state index is 12.8. The van der Waals surface area contributed by atoms with E-state index in [9.17, 15) is 14.4 Å². The number of rotatable bonds is 10. The third-order valence-corrected chi connectivity index (χ3v) is 6.76. The highest BCUT2D eigenvalue weighted by Gasteiger charge is 2.42. The zero-order valence-corrected chi connectivity index (χ0v) is 19.3. The summed E-state index contributed by atoms with van der Waals surface area (Å²) in [6.45, 7) is 0.223. The number of methoxy groups -OCH3 is 1. The van der Waals surface area contributed by atoms with Crippen molar-refractivity contribution in [1.82, 2.24) is 10.2 Å². The van der Waals surface area contributed by atoms with Crippen molar-refractivity contribution in [2.45, 2.75) is 37.1 Å². The third-order valence-electron chi connectivity index (χ3n) is 6.76. The summed E-state index contributed by atoms with van der Waals surface area (Å²) in [7, 11) is 1.50. The molecule has 1 fully saturated rings. The van der Waals surface area contributed by atoms with Crippen LogP contribution in [0.1, 0.15) is 42.7 Å². The number of ether oxygens (including phenoxy) is 2. The number of carboxylic acid groups (broad SMARTS) is 1. The van der Waals surface area contributed by atoms with Gasteiger partial charge < -0.3 is 24.8 Å². The van der Waals surface area contributed by atoms with Gasteiger partial charge in [0.05, 0.1) is 18.6 Å². The zero-order chi connectivity index (χ0) is 24.1. The summed E-state index contributed by atoms with van der Waals surface area (Å²) >= 11 is 0. The maximum Gasteiger partial charge on any atom is 0.407 e. The van der Waals surface area contributed by atoms with Crippen LogP contribution in [0.3, 0.4) is 0 Å². The number of carbonyl (C=O) groups excluding carboxylic acids is 2. The monoisotopic (exact) mass is 466 g/mol. The number of carbonyl (C=O) groups is 3.